The Labute approximate surface area is 85.9 Å². The van der Waals surface area contributed by atoms with Crippen molar-refractivity contribution in [2.45, 2.75) is 20.5 Å². The number of benzene rings is 1. The monoisotopic (exact) mass is 215 g/mol. The van der Waals surface area contributed by atoms with E-state index in [9.17, 15) is 13.2 Å². The van der Waals surface area contributed by atoms with Crippen LogP contribution in [0.4, 0.5) is 13.2 Å². The van der Waals surface area contributed by atoms with Crippen LogP contribution in [0.15, 0.2) is 24.4 Å². The molecule has 15 heavy (non-hydrogen) atoms. The van der Waals surface area contributed by atoms with Crippen molar-refractivity contribution >= 4 is 10.9 Å². The topological polar surface area (TPSA) is 15.8 Å². The number of rotatable bonds is 0. The minimum absolute atomic E-state index is 0. The summed E-state index contributed by atoms with van der Waals surface area (Å²) in [4.78, 5) is 2.90. The van der Waals surface area contributed by atoms with Crippen molar-refractivity contribution in [3.8, 4) is 0 Å². The van der Waals surface area contributed by atoms with E-state index in [1.165, 1.54) is 12.1 Å². The highest BCUT2D eigenvalue weighted by Crippen LogP contribution is 2.31. The van der Waals surface area contributed by atoms with E-state index in [1.807, 2.05) is 0 Å². The summed E-state index contributed by atoms with van der Waals surface area (Å²) in [5, 5.41) is 0.625. The van der Waals surface area contributed by atoms with Gasteiger partial charge in [0.15, 0.2) is 0 Å². The second-order valence-corrected chi connectivity index (χ2v) is 3.23. The van der Waals surface area contributed by atoms with Gasteiger partial charge in [0.05, 0.1) is 5.56 Å². The number of H-pyrrole nitrogens is 1. The third-order valence-corrected chi connectivity index (χ3v) is 2.22. The Bertz CT molecular complexity index is 468. The molecule has 0 unspecified atom stereocenters. The molecule has 0 aliphatic carbocycles. The minimum atomic E-state index is -4.27. The number of hydrogen-bond donors (Lipinski definition) is 1. The molecule has 0 saturated carbocycles. The fraction of sp³-hybridized carbons (Fsp3) is 0.273. The number of fused-ring (bicyclic) bond motifs is 1. The van der Waals surface area contributed by atoms with Crippen molar-refractivity contribution in [2.24, 2.45) is 0 Å². The van der Waals surface area contributed by atoms with Gasteiger partial charge >= 0.3 is 6.18 Å². The standard InChI is InChI=1S/C10H8F3N.CH4/c1-6-5-14-9-3-2-7(4-8(6)9)10(11,12)13;/h2-5,14H,1H3;1H4. The molecule has 82 valence electrons. The third-order valence-electron chi connectivity index (χ3n) is 2.22. The van der Waals surface area contributed by atoms with Crippen LogP contribution in [0.2, 0.25) is 0 Å². The second-order valence-electron chi connectivity index (χ2n) is 3.23. The molecule has 0 spiro atoms. The number of nitrogens with one attached hydrogen (secondary N) is 1. The number of halogens is 3. The highest BCUT2D eigenvalue weighted by Gasteiger charge is 2.30. The summed E-state index contributed by atoms with van der Waals surface area (Å²) in [6.07, 6.45) is -2.57. The summed E-state index contributed by atoms with van der Waals surface area (Å²) in [6.45, 7) is 1.78. The molecule has 0 atom stereocenters. The average Bonchev–Trinajstić information content (AvgIpc) is 2.46. The molecule has 1 aromatic heterocycles. The van der Waals surface area contributed by atoms with Gasteiger partial charge in [-0.15, -0.1) is 0 Å². The van der Waals surface area contributed by atoms with Crippen molar-refractivity contribution in [1.29, 1.82) is 0 Å². The van der Waals surface area contributed by atoms with Gasteiger partial charge in [-0.1, -0.05) is 7.43 Å². The fourth-order valence-corrected chi connectivity index (χ4v) is 1.44. The number of aromatic amines is 1. The Morgan fingerprint density at radius 2 is 1.87 bits per heavy atom. The van der Waals surface area contributed by atoms with Crippen LogP contribution in [-0.4, -0.2) is 4.98 Å². The van der Waals surface area contributed by atoms with Crippen LogP contribution in [0.25, 0.3) is 10.9 Å². The molecular formula is C11H12F3N. The van der Waals surface area contributed by atoms with Crippen LogP contribution in [0, 0.1) is 6.92 Å². The fourth-order valence-electron chi connectivity index (χ4n) is 1.44. The lowest BCUT2D eigenvalue weighted by Crippen LogP contribution is -2.04. The summed E-state index contributed by atoms with van der Waals surface area (Å²) in [5.41, 5.74) is 0.953. The molecule has 1 aromatic carbocycles. The van der Waals surface area contributed by atoms with E-state index >= 15 is 0 Å². The highest BCUT2D eigenvalue weighted by molar-refractivity contribution is 5.83. The minimum Gasteiger partial charge on any atom is -0.361 e. The molecule has 2 aromatic rings. The lowest BCUT2D eigenvalue weighted by atomic mass is 10.1. The Hall–Kier alpha value is -1.45. The molecule has 0 saturated heterocycles. The highest BCUT2D eigenvalue weighted by atomic mass is 19.4. The van der Waals surface area contributed by atoms with Gasteiger partial charge < -0.3 is 4.98 Å². The van der Waals surface area contributed by atoms with E-state index in [2.05, 4.69) is 4.98 Å². The molecule has 0 aliphatic rings. The van der Waals surface area contributed by atoms with Crippen LogP contribution < -0.4 is 0 Å². The van der Waals surface area contributed by atoms with Crippen molar-refractivity contribution < 1.29 is 13.2 Å². The molecule has 0 amide bonds. The lowest BCUT2D eigenvalue weighted by molar-refractivity contribution is -0.137. The lowest BCUT2D eigenvalue weighted by Gasteiger charge is -2.06. The van der Waals surface area contributed by atoms with E-state index in [-0.39, 0.29) is 7.43 Å². The van der Waals surface area contributed by atoms with Crippen molar-refractivity contribution in [3.05, 3.63) is 35.5 Å². The first-order valence-corrected chi connectivity index (χ1v) is 4.13. The number of aromatic nitrogens is 1. The first-order valence-electron chi connectivity index (χ1n) is 4.13. The summed E-state index contributed by atoms with van der Waals surface area (Å²) in [5.74, 6) is 0. The number of hydrogen-bond acceptors (Lipinski definition) is 0. The summed E-state index contributed by atoms with van der Waals surface area (Å²) in [6, 6.07) is 3.70. The zero-order valence-corrected chi connectivity index (χ0v) is 7.44. The molecule has 0 bridgehead atoms. The molecule has 0 aliphatic heterocycles. The molecule has 1 heterocycles. The zero-order chi connectivity index (χ0) is 10.3. The first kappa shape index (κ1) is 11.6. The van der Waals surface area contributed by atoms with Gasteiger partial charge in [0.2, 0.25) is 0 Å². The predicted molar refractivity (Wildman–Crippen MR) is 54.8 cm³/mol. The van der Waals surface area contributed by atoms with Crippen LogP contribution in [-0.2, 0) is 6.18 Å². The van der Waals surface area contributed by atoms with Crippen LogP contribution in [0.5, 0.6) is 0 Å². The Morgan fingerprint density at radius 1 is 1.20 bits per heavy atom. The SMILES string of the molecule is C.Cc1c[nH]c2ccc(C(F)(F)F)cc12. The molecule has 2 rings (SSSR count). The van der Waals surface area contributed by atoms with Crippen molar-refractivity contribution in [3.63, 3.8) is 0 Å². The van der Waals surface area contributed by atoms with Gasteiger partial charge in [0.25, 0.3) is 0 Å². The Morgan fingerprint density at radius 3 is 2.47 bits per heavy atom. The van der Waals surface area contributed by atoms with E-state index in [0.29, 0.717) is 5.39 Å². The average molecular weight is 215 g/mol. The van der Waals surface area contributed by atoms with Crippen LogP contribution in [0.1, 0.15) is 18.6 Å². The van der Waals surface area contributed by atoms with E-state index in [4.69, 9.17) is 0 Å². The Balaban J connectivity index is 0.00000112. The van der Waals surface area contributed by atoms with Crippen molar-refractivity contribution in [2.75, 3.05) is 0 Å². The van der Waals surface area contributed by atoms with Gasteiger partial charge in [0, 0.05) is 17.1 Å². The summed E-state index contributed by atoms with van der Waals surface area (Å²) in [7, 11) is 0. The maximum absolute atomic E-state index is 12.3. The summed E-state index contributed by atoms with van der Waals surface area (Å²) >= 11 is 0. The molecule has 1 nitrogen and oxygen atoms in total. The number of aryl methyl sites for hydroxylation is 1. The van der Waals surface area contributed by atoms with Crippen LogP contribution in [0.3, 0.4) is 0 Å². The van der Waals surface area contributed by atoms with Gasteiger partial charge in [0.1, 0.15) is 0 Å². The maximum Gasteiger partial charge on any atom is 0.416 e. The normalized spacial score (nSPS) is 11.5. The van der Waals surface area contributed by atoms with E-state index in [0.717, 1.165) is 17.1 Å². The van der Waals surface area contributed by atoms with Gasteiger partial charge in [-0.2, -0.15) is 13.2 Å². The molecule has 4 heteroatoms. The van der Waals surface area contributed by atoms with E-state index in [1.54, 1.807) is 13.1 Å². The first-order chi connectivity index (χ1) is 6.48. The molecular weight excluding hydrogens is 203 g/mol. The third kappa shape index (κ3) is 1.98. The second kappa shape index (κ2) is 3.61. The summed E-state index contributed by atoms with van der Waals surface area (Å²) < 4.78 is 37.0. The van der Waals surface area contributed by atoms with Gasteiger partial charge in [-0.25, -0.2) is 0 Å². The molecule has 0 fully saturated rings. The van der Waals surface area contributed by atoms with Crippen molar-refractivity contribution in [1.82, 2.24) is 4.98 Å². The largest absolute Gasteiger partial charge is 0.416 e. The molecule has 0 radical (unpaired) electrons. The Kier molecular flexibility index (Phi) is 2.79. The van der Waals surface area contributed by atoms with Crippen LogP contribution >= 0.6 is 0 Å². The number of alkyl halides is 3. The van der Waals surface area contributed by atoms with E-state index < -0.39 is 11.7 Å². The molecule has 1 N–H and O–H groups in total. The maximum atomic E-state index is 12.3. The predicted octanol–water partition coefficient (Wildman–Crippen LogP) is 4.13. The zero-order valence-electron chi connectivity index (χ0n) is 7.44. The van der Waals surface area contributed by atoms with Gasteiger partial charge in [-0.3, -0.25) is 0 Å². The quantitative estimate of drug-likeness (QED) is 0.680. The smallest absolute Gasteiger partial charge is 0.361 e. The van der Waals surface area contributed by atoms with Gasteiger partial charge in [-0.05, 0) is 30.7 Å².